The van der Waals surface area contributed by atoms with E-state index in [2.05, 4.69) is 63.0 Å². The van der Waals surface area contributed by atoms with Crippen molar-refractivity contribution in [2.24, 2.45) is 0 Å². The van der Waals surface area contributed by atoms with Crippen LogP contribution in [0.1, 0.15) is 5.56 Å². The minimum absolute atomic E-state index is 1.02. The Morgan fingerprint density at radius 1 is 1.00 bits per heavy atom. The van der Waals surface area contributed by atoms with Crippen molar-refractivity contribution in [1.82, 2.24) is 4.98 Å². The van der Waals surface area contributed by atoms with Crippen molar-refractivity contribution in [2.75, 3.05) is 0 Å². The van der Waals surface area contributed by atoms with Crippen LogP contribution in [0.3, 0.4) is 0 Å². The third-order valence-corrected chi connectivity index (χ3v) is 5.51. The summed E-state index contributed by atoms with van der Waals surface area (Å²) < 4.78 is 3.32. The van der Waals surface area contributed by atoms with E-state index in [0.717, 1.165) is 19.5 Å². The van der Waals surface area contributed by atoms with Crippen LogP contribution >= 0.6 is 43.2 Å². The molecule has 0 N–H and O–H groups in total. The highest BCUT2D eigenvalue weighted by molar-refractivity contribution is 9.11. The molecule has 0 fully saturated rings. The van der Waals surface area contributed by atoms with Gasteiger partial charge < -0.3 is 0 Å². The zero-order chi connectivity index (χ0) is 12.7. The number of rotatable bonds is 1. The SMILES string of the molecule is Cc1ccccc1-c1nc2c(Br)ccc(Br)c2s1. The maximum Gasteiger partial charge on any atom is 0.124 e. The van der Waals surface area contributed by atoms with Crippen LogP contribution in [0.15, 0.2) is 45.3 Å². The number of aryl methyl sites for hydroxylation is 1. The zero-order valence-electron chi connectivity index (χ0n) is 9.58. The molecule has 4 heteroatoms. The van der Waals surface area contributed by atoms with Gasteiger partial charge in [-0.05, 0) is 56.5 Å². The molecule has 0 aliphatic heterocycles. The number of benzene rings is 2. The van der Waals surface area contributed by atoms with Crippen molar-refractivity contribution in [3.8, 4) is 10.6 Å². The van der Waals surface area contributed by atoms with Gasteiger partial charge >= 0.3 is 0 Å². The molecule has 0 bridgehead atoms. The van der Waals surface area contributed by atoms with Gasteiger partial charge in [0.15, 0.2) is 0 Å². The number of halogens is 2. The Morgan fingerprint density at radius 3 is 2.44 bits per heavy atom. The predicted molar refractivity (Wildman–Crippen MR) is 85.2 cm³/mol. The normalized spacial score (nSPS) is 11.1. The molecule has 2 aromatic carbocycles. The molecular formula is C14H9Br2NS. The first-order chi connectivity index (χ1) is 8.66. The lowest BCUT2D eigenvalue weighted by atomic mass is 10.1. The Hall–Kier alpha value is -0.710. The van der Waals surface area contributed by atoms with Gasteiger partial charge in [-0.2, -0.15) is 0 Å². The number of aromatic nitrogens is 1. The minimum Gasteiger partial charge on any atom is -0.235 e. The lowest BCUT2D eigenvalue weighted by Gasteiger charge is -1.99. The summed E-state index contributed by atoms with van der Waals surface area (Å²) in [7, 11) is 0. The van der Waals surface area contributed by atoms with Crippen molar-refractivity contribution >= 4 is 53.4 Å². The van der Waals surface area contributed by atoms with Crippen LogP contribution in [-0.4, -0.2) is 4.98 Å². The van der Waals surface area contributed by atoms with E-state index in [-0.39, 0.29) is 0 Å². The Kier molecular flexibility index (Phi) is 3.26. The van der Waals surface area contributed by atoms with Gasteiger partial charge in [-0.3, -0.25) is 0 Å². The smallest absolute Gasteiger partial charge is 0.124 e. The van der Waals surface area contributed by atoms with Crippen LogP contribution in [0.5, 0.6) is 0 Å². The van der Waals surface area contributed by atoms with Gasteiger partial charge in [0.1, 0.15) is 5.01 Å². The fourth-order valence-electron chi connectivity index (χ4n) is 1.87. The van der Waals surface area contributed by atoms with Crippen molar-refractivity contribution in [1.29, 1.82) is 0 Å². The van der Waals surface area contributed by atoms with Crippen molar-refractivity contribution in [3.63, 3.8) is 0 Å². The second kappa shape index (κ2) is 4.76. The van der Waals surface area contributed by atoms with Crippen LogP contribution in [0.4, 0.5) is 0 Å². The molecule has 0 unspecified atom stereocenters. The van der Waals surface area contributed by atoms with Crippen LogP contribution in [-0.2, 0) is 0 Å². The highest BCUT2D eigenvalue weighted by atomic mass is 79.9. The van der Waals surface area contributed by atoms with Gasteiger partial charge in [-0.15, -0.1) is 11.3 Å². The van der Waals surface area contributed by atoms with Gasteiger partial charge in [0, 0.05) is 14.5 Å². The van der Waals surface area contributed by atoms with E-state index >= 15 is 0 Å². The largest absolute Gasteiger partial charge is 0.235 e. The fraction of sp³-hybridized carbons (Fsp3) is 0.0714. The second-order valence-corrected chi connectivity index (χ2v) is 6.75. The van der Waals surface area contributed by atoms with Crippen LogP contribution in [0.2, 0.25) is 0 Å². The molecule has 3 aromatic rings. The summed E-state index contributed by atoms with van der Waals surface area (Å²) in [6, 6.07) is 12.4. The quantitative estimate of drug-likeness (QED) is 0.518. The first-order valence-corrected chi connectivity index (χ1v) is 7.87. The second-order valence-electron chi connectivity index (χ2n) is 4.04. The number of thiazole rings is 1. The molecule has 1 heterocycles. The van der Waals surface area contributed by atoms with Gasteiger partial charge in [-0.1, -0.05) is 24.3 Å². The van der Waals surface area contributed by atoms with Gasteiger partial charge in [0.05, 0.1) is 10.2 Å². The molecule has 0 aliphatic rings. The summed E-state index contributed by atoms with van der Waals surface area (Å²) in [4.78, 5) is 4.75. The molecule has 0 spiro atoms. The summed E-state index contributed by atoms with van der Waals surface area (Å²) in [5.74, 6) is 0. The maximum atomic E-state index is 4.75. The summed E-state index contributed by atoms with van der Waals surface area (Å²) in [6.45, 7) is 2.12. The maximum absolute atomic E-state index is 4.75. The molecule has 0 saturated carbocycles. The number of fused-ring (bicyclic) bond motifs is 1. The minimum atomic E-state index is 1.02. The van der Waals surface area contributed by atoms with E-state index in [4.69, 9.17) is 4.98 Å². The number of hydrogen-bond acceptors (Lipinski definition) is 2. The lowest BCUT2D eigenvalue weighted by molar-refractivity contribution is 1.41. The van der Waals surface area contributed by atoms with E-state index in [1.807, 2.05) is 12.1 Å². The van der Waals surface area contributed by atoms with E-state index in [0.29, 0.717) is 0 Å². The first kappa shape index (κ1) is 12.3. The molecule has 18 heavy (non-hydrogen) atoms. The average Bonchev–Trinajstić information content (AvgIpc) is 2.80. The third-order valence-electron chi connectivity index (χ3n) is 2.82. The van der Waals surface area contributed by atoms with E-state index < -0.39 is 0 Å². The topological polar surface area (TPSA) is 12.9 Å². The summed E-state index contributed by atoms with van der Waals surface area (Å²) in [5, 5.41) is 1.07. The Bertz CT molecular complexity index is 695. The van der Waals surface area contributed by atoms with Crippen LogP contribution < -0.4 is 0 Å². The molecule has 3 rings (SSSR count). The van der Waals surface area contributed by atoms with Crippen molar-refractivity contribution in [3.05, 3.63) is 50.9 Å². The molecule has 0 saturated heterocycles. The molecule has 1 nitrogen and oxygen atoms in total. The molecule has 0 aliphatic carbocycles. The van der Waals surface area contributed by atoms with Crippen LogP contribution in [0, 0.1) is 6.92 Å². The van der Waals surface area contributed by atoms with Crippen LogP contribution in [0.25, 0.3) is 20.8 Å². The Balaban J connectivity index is 2.29. The average molecular weight is 383 g/mol. The third kappa shape index (κ3) is 2.02. The highest BCUT2D eigenvalue weighted by Gasteiger charge is 2.12. The van der Waals surface area contributed by atoms with Gasteiger partial charge in [-0.25, -0.2) is 4.98 Å². The van der Waals surface area contributed by atoms with E-state index in [1.54, 1.807) is 11.3 Å². The number of hydrogen-bond donors (Lipinski definition) is 0. The zero-order valence-corrected chi connectivity index (χ0v) is 13.6. The van der Waals surface area contributed by atoms with Crippen molar-refractivity contribution < 1.29 is 0 Å². The van der Waals surface area contributed by atoms with Crippen molar-refractivity contribution in [2.45, 2.75) is 6.92 Å². The van der Waals surface area contributed by atoms with E-state index in [1.165, 1.54) is 15.8 Å². The first-order valence-electron chi connectivity index (χ1n) is 5.47. The molecular weight excluding hydrogens is 374 g/mol. The molecule has 1 aromatic heterocycles. The molecule has 90 valence electrons. The summed E-state index contributed by atoms with van der Waals surface area (Å²) >= 11 is 8.86. The molecule has 0 radical (unpaired) electrons. The lowest BCUT2D eigenvalue weighted by Crippen LogP contribution is -1.80. The Labute approximate surface area is 126 Å². The Morgan fingerprint density at radius 2 is 1.72 bits per heavy atom. The standard InChI is InChI=1S/C14H9Br2NS/c1-8-4-2-3-5-9(8)14-17-12-10(15)6-7-11(16)13(12)18-14/h2-7H,1H3. The van der Waals surface area contributed by atoms with E-state index in [9.17, 15) is 0 Å². The summed E-state index contributed by atoms with van der Waals surface area (Å²) in [5.41, 5.74) is 3.48. The highest BCUT2D eigenvalue weighted by Crippen LogP contribution is 2.38. The van der Waals surface area contributed by atoms with Gasteiger partial charge in [0.25, 0.3) is 0 Å². The monoisotopic (exact) mass is 381 g/mol. The van der Waals surface area contributed by atoms with Gasteiger partial charge in [0.2, 0.25) is 0 Å². The molecule has 0 atom stereocenters. The molecule has 0 amide bonds. The predicted octanol–water partition coefficient (Wildman–Crippen LogP) is 5.80. The number of nitrogens with zero attached hydrogens (tertiary/aromatic N) is 1. The fourth-order valence-corrected chi connectivity index (χ4v) is 4.07. The summed E-state index contributed by atoms with van der Waals surface area (Å²) in [6.07, 6.45) is 0.